The van der Waals surface area contributed by atoms with Gasteiger partial charge in [0, 0.05) is 18.8 Å². The molecule has 12 heavy (non-hydrogen) atoms. The molecule has 2 heteroatoms. The monoisotopic (exact) mass is 168 g/mol. The number of nitrogens with one attached hydrogen (secondary N) is 1. The van der Waals surface area contributed by atoms with Crippen molar-refractivity contribution in [2.24, 2.45) is 0 Å². The van der Waals surface area contributed by atoms with Crippen LogP contribution < -0.4 is 5.32 Å². The molecule has 0 atom stereocenters. The zero-order valence-electron chi connectivity index (χ0n) is 8.27. The lowest BCUT2D eigenvalue weighted by atomic mass is 10.3. The third kappa shape index (κ3) is 4.19. The Kier molecular flexibility index (Phi) is 6.48. The predicted molar refractivity (Wildman–Crippen MR) is 55.1 cm³/mol. The van der Waals surface area contributed by atoms with E-state index in [2.05, 4.69) is 30.3 Å². The minimum Gasteiger partial charge on any atom is -0.372 e. The van der Waals surface area contributed by atoms with Gasteiger partial charge in [0.25, 0.3) is 0 Å². The van der Waals surface area contributed by atoms with Crippen LogP contribution in [0.25, 0.3) is 0 Å². The van der Waals surface area contributed by atoms with Crippen molar-refractivity contribution in [3.63, 3.8) is 0 Å². The molecule has 0 rings (SSSR count). The maximum atomic E-state index is 3.91. The van der Waals surface area contributed by atoms with Crippen LogP contribution in [0.3, 0.4) is 0 Å². The molecule has 0 aromatic carbocycles. The van der Waals surface area contributed by atoms with Crippen molar-refractivity contribution in [3.05, 3.63) is 24.9 Å². The Morgan fingerprint density at radius 1 is 1.58 bits per heavy atom. The summed E-state index contributed by atoms with van der Waals surface area (Å²) in [6, 6.07) is 0. The van der Waals surface area contributed by atoms with Crippen molar-refractivity contribution in [2.45, 2.75) is 13.3 Å². The fourth-order valence-corrected chi connectivity index (χ4v) is 1.08. The molecule has 0 heterocycles. The van der Waals surface area contributed by atoms with Gasteiger partial charge in [-0.25, -0.2) is 0 Å². The van der Waals surface area contributed by atoms with Crippen molar-refractivity contribution in [3.8, 4) is 0 Å². The van der Waals surface area contributed by atoms with E-state index in [0.717, 1.165) is 31.8 Å². The summed E-state index contributed by atoms with van der Waals surface area (Å²) in [6.07, 6.45) is 2.96. The zero-order valence-corrected chi connectivity index (χ0v) is 8.27. The molecule has 0 aliphatic carbocycles. The van der Waals surface area contributed by atoms with Crippen molar-refractivity contribution in [1.29, 1.82) is 0 Å². The van der Waals surface area contributed by atoms with E-state index in [1.165, 1.54) is 0 Å². The predicted octanol–water partition coefficient (Wildman–Crippen LogP) is 1.62. The van der Waals surface area contributed by atoms with E-state index >= 15 is 0 Å². The van der Waals surface area contributed by atoms with Crippen LogP contribution in [0, 0.1) is 0 Å². The van der Waals surface area contributed by atoms with Crippen LogP contribution in [0.15, 0.2) is 24.9 Å². The highest BCUT2D eigenvalue weighted by molar-refractivity contribution is 5.09. The second-order valence-electron chi connectivity index (χ2n) is 2.73. The molecule has 0 amide bonds. The molecule has 0 aromatic heterocycles. The van der Waals surface area contributed by atoms with Gasteiger partial charge in [0.05, 0.1) is 0 Å². The fourth-order valence-electron chi connectivity index (χ4n) is 1.08. The molecule has 0 saturated carbocycles. The third-order valence-electron chi connectivity index (χ3n) is 1.88. The van der Waals surface area contributed by atoms with Gasteiger partial charge in [-0.3, -0.25) is 0 Å². The first-order valence-corrected chi connectivity index (χ1v) is 4.47. The summed E-state index contributed by atoms with van der Waals surface area (Å²) in [7, 11) is 1.97. The molecule has 0 fully saturated rings. The highest BCUT2D eigenvalue weighted by Crippen LogP contribution is 2.02. The average molecular weight is 168 g/mol. The Labute approximate surface area is 76.0 Å². The Hall–Kier alpha value is -0.760. The SMILES string of the molecule is C=CC(=C)N(CC)CCCNC. The van der Waals surface area contributed by atoms with Gasteiger partial charge in [-0.15, -0.1) is 0 Å². The smallest absolute Gasteiger partial charge is 0.0287 e. The summed E-state index contributed by atoms with van der Waals surface area (Å²) in [5, 5.41) is 3.12. The number of hydrogen-bond acceptors (Lipinski definition) is 2. The molecule has 0 spiro atoms. The minimum absolute atomic E-state index is 1.01. The maximum Gasteiger partial charge on any atom is 0.0287 e. The lowest BCUT2D eigenvalue weighted by Crippen LogP contribution is -2.24. The molecular weight excluding hydrogens is 148 g/mol. The highest BCUT2D eigenvalue weighted by Gasteiger charge is 2.00. The number of hydrogen-bond donors (Lipinski definition) is 1. The van der Waals surface area contributed by atoms with E-state index < -0.39 is 0 Å². The van der Waals surface area contributed by atoms with Gasteiger partial charge in [0.2, 0.25) is 0 Å². The topological polar surface area (TPSA) is 15.3 Å². The quantitative estimate of drug-likeness (QED) is 0.459. The lowest BCUT2D eigenvalue weighted by molar-refractivity contribution is 0.367. The zero-order chi connectivity index (χ0) is 9.40. The second kappa shape index (κ2) is 6.92. The molecule has 70 valence electrons. The van der Waals surface area contributed by atoms with Gasteiger partial charge in [0.15, 0.2) is 0 Å². The first kappa shape index (κ1) is 11.2. The molecule has 0 saturated heterocycles. The summed E-state index contributed by atoms with van der Waals surface area (Å²) in [5.41, 5.74) is 1.02. The molecule has 0 aromatic rings. The highest BCUT2D eigenvalue weighted by atomic mass is 15.1. The Balaban J connectivity index is 3.67. The number of rotatable bonds is 7. The van der Waals surface area contributed by atoms with Crippen LogP contribution >= 0.6 is 0 Å². The second-order valence-corrected chi connectivity index (χ2v) is 2.73. The van der Waals surface area contributed by atoms with E-state index in [1.807, 2.05) is 13.1 Å². The van der Waals surface area contributed by atoms with E-state index in [1.54, 1.807) is 0 Å². The molecule has 0 aliphatic rings. The Morgan fingerprint density at radius 2 is 2.25 bits per heavy atom. The van der Waals surface area contributed by atoms with Crippen molar-refractivity contribution in [1.82, 2.24) is 10.2 Å². The number of allylic oxidation sites excluding steroid dienone is 1. The first-order chi connectivity index (χ1) is 5.76. The Bertz CT molecular complexity index is 141. The number of likely N-dealkylation sites (N-methyl/N-ethyl adjacent to an activating group) is 1. The van der Waals surface area contributed by atoms with Crippen LogP contribution in [0.4, 0.5) is 0 Å². The van der Waals surface area contributed by atoms with Gasteiger partial charge < -0.3 is 10.2 Å². The molecule has 1 N–H and O–H groups in total. The van der Waals surface area contributed by atoms with Gasteiger partial charge in [-0.05, 0) is 33.0 Å². The molecular formula is C10H20N2. The van der Waals surface area contributed by atoms with E-state index in [9.17, 15) is 0 Å². The summed E-state index contributed by atoms with van der Waals surface area (Å²) < 4.78 is 0. The van der Waals surface area contributed by atoms with Gasteiger partial charge in [-0.2, -0.15) is 0 Å². The van der Waals surface area contributed by atoms with Crippen molar-refractivity contribution >= 4 is 0 Å². The third-order valence-corrected chi connectivity index (χ3v) is 1.88. The van der Waals surface area contributed by atoms with Crippen LogP contribution in [0.1, 0.15) is 13.3 Å². The largest absolute Gasteiger partial charge is 0.372 e. The molecule has 0 bridgehead atoms. The molecule has 0 unspecified atom stereocenters. The Morgan fingerprint density at radius 3 is 2.67 bits per heavy atom. The summed E-state index contributed by atoms with van der Waals surface area (Å²) >= 11 is 0. The fraction of sp³-hybridized carbons (Fsp3) is 0.600. The van der Waals surface area contributed by atoms with Gasteiger partial charge in [0.1, 0.15) is 0 Å². The van der Waals surface area contributed by atoms with Gasteiger partial charge >= 0.3 is 0 Å². The first-order valence-electron chi connectivity index (χ1n) is 4.47. The normalized spacial score (nSPS) is 9.50. The summed E-state index contributed by atoms with van der Waals surface area (Å²) in [6.45, 7) is 12.9. The van der Waals surface area contributed by atoms with Crippen molar-refractivity contribution in [2.75, 3.05) is 26.7 Å². The molecule has 0 radical (unpaired) electrons. The summed E-state index contributed by atoms with van der Waals surface area (Å²) in [5.74, 6) is 0. The van der Waals surface area contributed by atoms with E-state index in [4.69, 9.17) is 0 Å². The van der Waals surface area contributed by atoms with E-state index in [0.29, 0.717) is 0 Å². The maximum absolute atomic E-state index is 3.91. The standard InChI is InChI=1S/C10H20N2/c1-5-10(3)12(6-2)9-7-8-11-4/h5,11H,1,3,6-9H2,2,4H3. The summed E-state index contributed by atoms with van der Waals surface area (Å²) in [4.78, 5) is 2.23. The van der Waals surface area contributed by atoms with Crippen LogP contribution in [0.2, 0.25) is 0 Å². The van der Waals surface area contributed by atoms with Crippen LogP contribution in [0.5, 0.6) is 0 Å². The minimum atomic E-state index is 1.01. The van der Waals surface area contributed by atoms with Crippen LogP contribution in [-0.2, 0) is 0 Å². The number of nitrogens with zero attached hydrogens (tertiary/aromatic N) is 1. The average Bonchev–Trinajstić information content (AvgIpc) is 2.11. The van der Waals surface area contributed by atoms with E-state index in [-0.39, 0.29) is 0 Å². The molecule has 2 nitrogen and oxygen atoms in total. The van der Waals surface area contributed by atoms with Crippen molar-refractivity contribution < 1.29 is 0 Å². The van der Waals surface area contributed by atoms with Gasteiger partial charge in [-0.1, -0.05) is 13.2 Å². The lowest BCUT2D eigenvalue weighted by Gasteiger charge is -2.22. The van der Waals surface area contributed by atoms with Crippen LogP contribution in [-0.4, -0.2) is 31.6 Å². The molecule has 0 aliphatic heterocycles.